The fourth-order valence-corrected chi connectivity index (χ4v) is 5.59. The van der Waals surface area contributed by atoms with E-state index in [1.807, 2.05) is 30.3 Å². The summed E-state index contributed by atoms with van der Waals surface area (Å²) in [6.45, 7) is 6.00. The van der Waals surface area contributed by atoms with E-state index >= 15 is 0 Å². The quantitative estimate of drug-likeness (QED) is 0.288. The first kappa shape index (κ1) is 24.8. The predicted octanol–water partition coefficient (Wildman–Crippen LogP) is 6.08. The van der Waals surface area contributed by atoms with Crippen molar-refractivity contribution in [3.63, 3.8) is 0 Å². The van der Waals surface area contributed by atoms with Crippen molar-refractivity contribution in [1.82, 2.24) is 30.0 Å². The van der Waals surface area contributed by atoms with Crippen LogP contribution in [0.1, 0.15) is 81.2 Å². The summed E-state index contributed by atoms with van der Waals surface area (Å²) < 4.78 is 13.0. The lowest BCUT2D eigenvalue weighted by molar-refractivity contribution is -0.155. The van der Waals surface area contributed by atoms with Gasteiger partial charge in [-0.2, -0.15) is 0 Å². The average Bonchev–Trinajstić information content (AvgIpc) is 3.44. The highest BCUT2D eigenvalue weighted by Crippen LogP contribution is 2.42. The van der Waals surface area contributed by atoms with Gasteiger partial charge in [0.2, 0.25) is 0 Å². The van der Waals surface area contributed by atoms with Gasteiger partial charge in [0.05, 0.1) is 18.8 Å². The lowest BCUT2D eigenvalue weighted by Gasteiger charge is -2.27. The van der Waals surface area contributed by atoms with Gasteiger partial charge in [-0.15, -0.1) is 15.3 Å². The van der Waals surface area contributed by atoms with Crippen molar-refractivity contribution in [2.45, 2.75) is 77.0 Å². The van der Waals surface area contributed by atoms with E-state index in [2.05, 4.69) is 24.9 Å². The molecule has 10 nitrogen and oxygen atoms in total. The molecule has 0 saturated heterocycles. The fraction of sp³-hybridized carbons (Fsp3) is 0.444. The van der Waals surface area contributed by atoms with Crippen LogP contribution in [0.2, 0.25) is 5.02 Å². The minimum atomic E-state index is -0.762. The summed E-state index contributed by atoms with van der Waals surface area (Å²) in [5.41, 5.74) is 3.70. The van der Waals surface area contributed by atoms with E-state index in [1.54, 1.807) is 32.0 Å². The van der Waals surface area contributed by atoms with Crippen molar-refractivity contribution in [2.75, 3.05) is 0 Å². The van der Waals surface area contributed by atoms with Crippen LogP contribution in [0.4, 0.5) is 4.79 Å². The summed E-state index contributed by atoms with van der Waals surface area (Å²) >= 11 is 6.36. The number of hydrogen-bond acceptors (Lipinski definition) is 9. The molecule has 0 atom stereocenters. The maximum atomic E-state index is 12.4. The molecule has 1 saturated carbocycles. The average molecular weight is 537 g/mol. The second-order valence-electron chi connectivity index (χ2n) is 10.9. The van der Waals surface area contributed by atoms with E-state index in [0.717, 1.165) is 59.6 Å². The third-order valence-corrected chi connectivity index (χ3v) is 7.26. The molecule has 0 amide bonds. The summed E-state index contributed by atoms with van der Waals surface area (Å²) in [5, 5.41) is 15.6. The molecule has 1 aliphatic carbocycles. The van der Waals surface area contributed by atoms with Crippen molar-refractivity contribution in [1.29, 1.82) is 0 Å². The van der Waals surface area contributed by atoms with Gasteiger partial charge in [-0.05, 0) is 82.3 Å². The molecular formula is C27H29ClN6O4. The molecule has 0 unspecified atom stereocenters. The molecule has 1 fully saturated rings. The summed E-state index contributed by atoms with van der Waals surface area (Å²) in [6.07, 6.45) is 4.79. The molecule has 4 aromatic rings. The number of pyridine rings is 1. The zero-order valence-electron chi connectivity index (χ0n) is 21.6. The number of aromatic nitrogens is 5. The summed E-state index contributed by atoms with van der Waals surface area (Å²) in [7, 11) is 0. The maximum absolute atomic E-state index is 12.4. The van der Waals surface area contributed by atoms with E-state index in [1.165, 1.54) is 0 Å². The first-order valence-corrected chi connectivity index (χ1v) is 13.2. The fourth-order valence-electron chi connectivity index (χ4n) is 5.39. The van der Waals surface area contributed by atoms with Crippen molar-refractivity contribution < 1.29 is 18.9 Å². The second-order valence-corrected chi connectivity index (χ2v) is 11.3. The van der Waals surface area contributed by atoms with Gasteiger partial charge in [-0.25, -0.2) is 4.79 Å². The van der Waals surface area contributed by atoms with Gasteiger partial charge < -0.3 is 14.1 Å². The van der Waals surface area contributed by atoms with Crippen LogP contribution in [0.5, 0.6) is 0 Å². The molecule has 1 aliphatic heterocycles. The lowest BCUT2D eigenvalue weighted by Crippen LogP contribution is -2.31. The number of rotatable bonds is 3. The van der Waals surface area contributed by atoms with E-state index in [9.17, 15) is 4.79 Å². The highest BCUT2D eigenvalue weighted by atomic mass is 35.5. The van der Waals surface area contributed by atoms with Crippen LogP contribution in [-0.4, -0.2) is 41.7 Å². The molecule has 198 valence electrons. The highest BCUT2D eigenvalue weighted by Gasteiger charge is 2.33. The smallest absolute Gasteiger partial charge is 0.427 e. The number of fused-ring (bicyclic) bond motifs is 4. The van der Waals surface area contributed by atoms with Crippen molar-refractivity contribution in [2.24, 2.45) is 0 Å². The Morgan fingerprint density at radius 1 is 1.08 bits per heavy atom. The normalized spacial score (nSPS) is 20.0. The second kappa shape index (κ2) is 9.67. The van der Waals surface area contributed by atoms with Gasteiger partial charge in [-0.1, -0.05) is 16.8 Å². The Hall–Kier alpha value is -3.50. The van der Waals surface area contributed by atoms with Crippen LogP contribution < -0.4 is 0 Å². The monoisotopic (exact) mass is 536 g/mol. The number of carbonyl (C=O) groups excluding carboxylic acids is 1. The minimum absolute atomic E-state index is 0.223. The van der Waals surface area contributed by atoms with Crippen LogP contribution in [0.15, 0.2) is 41.1 Å². The summed E-state index contributed by atoms with van der Waals surface area (Å²) in [5.74, 6) is 2.11. The zero-order chi connectivity index (χ0) is 26.4. The summed E-state index contributed by atoms with van der Waals surface area (Å²) in [6, 6.07) is 9.48. The molecule has 4 heterocycles. The Balaban J connectivity index is 1.26. The Kier molecular flexibility index (Phi) is 6.31. The molecule has 0 radical (unpaired) electrons. The SMILES string of the molecule is CC(C)(C)OC(=O)ON1Cc2cc(Cl)ccc2-n2c(nnc2C2CCC(c3noc4cccnc34)CC2)C1. The molecule has 2 aliphatic rings. The van der Waals surface area contributed by atoms with Gasteiger partial charge in [0.15, 0.2) is 11.4 Å². The van der Waals surface area contributed by atoms with Crippen LogP contribution in [0.25, 0.3) is 16.8 Å². The number of nitrogens with zero attached hydrogens (tertiary/aromatic N) is 6. The molecule has 38 heavy (non-hydrogen) atoms. The molecule has 0 spiro atoms. The van der Waals surface area contributed by atoms with Crippen LogP contribution in [0, 0.1) is 0 Å². The molecule has 11 heteroatoms. The molecule has 1 aromatic carbocycles. The van der Waals surface area contributed by atoms with Crippen LogP contribution in [0.3, 0.4) is 0 Å². The number of benzene rings is 1. The number of ether oxygens (including phenoxy) is 1. The molecule has 3 aromatic heterocycles. The highest BCUT2D eigenvalue weighted by molar-refractivity contribution is 6.30. The molecule has 0 N–H and O–H groups in total. The van der Waals surface area contributed by atoms with Crippen LogP contribution in [-0.2, 0) is 22.7 Å². The van der Waals surface area contributed by atoms with Crippen LogP contribution >= 0.6 is 11.6 Å². The summed E-state index contributed by atoms with van der Waals surface area (Å²) in [4.78, 5) is 22.5. The molecule has 0 bridgehead atoms. The lowest BCUT2D eigenvalue weighted by atomic mass is 9.80. The maximum Gasteiger partial charge on any atom is 0.528 e. The van der Waals surface area contributed by atoms with Gasteiger partial charge >= 0.3 is 6.16 Å². The third-order valence-electron chi connectivity index (χ3n) is 7.03. The first-order valence-electron chi connectivity index (χ1n) is 12.8. The van der Waals surface area contributed by atoms with E-state index in [4.69, 9.17) is 25.7 Å². The molecule has 6 rings (SSSR count). The van der Waals surface area contributed by atoms with E-state index in [-0.39, 0.29) is 18.4 Å². The third kappa shape index (κ3) is 4.86. The van der Waals surface area contributed by atoms with Crippen molar-refractivity contribution >= 4 is 28.9 Å². The topological polar surface area (TPSA) is 108 Å². The number of hydrogen-bond donors (Lipinski definition) is 0. The van der Waals surface area contributed by atoms with Gasteiger partial charge in [0.1, 0.15) is 22.6 Å². The Labute approximate surface area is 224 Å². The number of halogens is 1. The number of hydroxylamine groups is 2. The Morgan fingerprint density at radius 2 is 1.87 bits per heavy atom. The number of carbonyl (C=O) groups is 1. The largest absolute Gasteiger partial charge is 0.528 e. The van der Waals surface area contributed by atoms with Gasteiger partial charge in [0.25, 0.3) is 0 Å². The first-order chi connectivity index (χ1) is 18.2. The van der Waals surface area contributed by atoms with Crippen molar-refractivity contribution in [3.8, 4) is 5.69 Å². The van der Waals surface area contributed by atoms with E-state index < -0.39 is 11.8 Å². The Morgan fingerprint density at radius 3 is 2.66 bits per heavy atom. The standard InChI is InChI=1S/C27H29ClN6O4/c1-27(2,3)36-26(35)38-33-14-18-13-19(28)10-11-20(18)34-22(15-33)30-31-25(34)17-8-6-16(7-9-17)23-24-21(37-32-23)5-4-12-29-24/h4-5,10-13,16-17H,6-9,14-15H2,1-3H3. The molecular weight excluding hydrogens is 508 g/mol. The van der Waals surface area contributed by atoms with Crippen molar-refractivity contribution in [3.05, 3.63) is 64.5 Å². The minimum Gasteiger partial charge on any atom is -0.427 e. The van der Waals surface area contributed by atoms with E-state index in [0.29, 0.717) is 17.4 Å². The predicted molar refractivity (Wildman–Crippen MR) is 139 cm³/mol. The van der Waals surface area contributed by atoms with Gasteiger partial charge in [-0.3, -0.25) is 9.55 Å². The zero-order valence-corrected chi connectivity index (χ0v) is 22.3. The van der Waals surface area contributed by atoms with Gasteiger partial charge in [0, 0.05) is 23.1 Å². The Bertz CT molecular complexity index is 1480.